The summed E-state index contributed by atoms with van der Waals surface area (Å²) in [6.07, 6.45) is 1.07. The molecule has 2 aromatic rings. The molecule has 20 heavy (non-hydrogen) atoms. The predicted octanol–water partition coefficient (Wildman–Crippen LogP) is 4.69. The molecule has 0 amide bonds. The lowest BCUT2D eigenvalue weighted by Crippen LogP contribution is -2.15. The third-order valence-corrected chi connectivity index (χ3v) is 5.23. The summed E-state index contributed by atoms with van der Waals surface area (Å²) in [5.74, 6) is 2.59. The van der Waals surface area contributed by atoms with Crippen LogP contribution in [0.1, 0.15) is 17.9 Å². The summed E-state index contributed by atoms with van der Waals surface area (Å²) in [6, 6.07) is 14.3. The van der Waals surface area contributed by atoms with Gasteiger partial charge in [0.05, 0.1) is 6.61 Å². The van der Waals surface area contributed by atoms with Gasteiger partial charge >= 0.3 is 0 Å². The van der Waals surface area contributed by atoms with Crippen molar-refractivity contribution >= 4 is 33.4 Å². The molecular weight excluding hydrogens is 334 g/mol. The molecule has 1 heterocycles. The number of ether oxygens (including phenoxy) is 1. The molecule has 4 heteroatoms. The molecule has 0 aromatic heterocycles. The van der Waals surface area contributed by atoms with Crippen LogP contribution in [-0.4, -0.2) is 12.4 Å². The Hall–Kier alpha value is -1.13. The summed E-state index contributed by atoms with van der Waals surface area (Å²) in [7, 11) is 0. The van der Waals surface area contributed by atoms with E-state index < -0.39 is 0 Å². The largest absolute Gasteiger partial charge is 0.493 e. The number of fused-ring (bicyclic) bond motifs is 1. The van der Waals surface area contributed by atoms with E-state index in [9.17, 15) is 0 Å². The van der Waals surface area contributed by atoms with Gasteiger partial charge in [0.25, 0.3) is 0 Å². The Morgan fingerprint density at radius 1 is 1.25 bits per heavy atom. The van der Waals surface area contributed by atoms with Gasteiger partial charge in [-0.25, -0.2) is 0 Å². The second-order valence-electron chi connectivity index (χ2n) is 4.87. The minimum atomic E-state index is 0.531. The van der Waals surface area contributed by atoms with Crippen LogP contribution in [0.5, 0.6) is 5.75 Å². The topological polar surface area (TPSA) is 35.2 Å². The molecule has 1 aliphatic rings. The van der Waals surface area contributed by atoms with Crippen molar-refractivity contribution in [2.75, 3.05) is 18.1 Å². The van der Waals surface area contributed by atoms with Crippen LogP contribution in [0.15, 0.2) is 51.8 Å². The van der Waals surface area contributed by atoms with Crippen molar-refractivity contribution in [3.63, 3.8) is 0 Å². The van der Waals surface area contributed by atoms with Gasteiger partial charge in [0.2, 0.25) is 0 Å². The number of hydrogen-bond acceptors (Lipinski definition) is 3. The van der Waals surface area contributed by atoms with Crippen LogP contribution in [0, 0.1) is 0 Å². The number of para-hydroxylation sites is 1. The Kier molecular flexibility index (Phi) is 4.22. The van der Waals surface area contributed by atoms with E-state index in [1.165, 1.54) is 5.56 Å². The highest BCUT2D eigenvalue weighted by Gasteiger charge is 2.21. The van der Waals surface area contributed by atoms with E-state index in [0.717, 1.165) is 39.6 Å². The van der Waals surface area contributed by atoms with E-state index in [-0.39, 0.29) is 0 Å². The number of nitrogen functional groups attached to an aromatic ring is 1. The average molecular weight is 350 g/mol. The Morgan fingerprint density at radius 3 is 3.00 bits per heavy atom. The summed E-state index contributed by atoms with van der Waals surface area (Å²) in [4.78, 5) is 1.14. The van der Waals surface area contributed by atoms with Crippen molar-refractivity contribution in [1.82, 2.24) is 0 Å². The fourth-order valence-electron chi connectivity index (χ4n) is 2.41. The Labute approximate surface area is 131 Å². The lowest BCUT2D eigenvalue weighted by Gasteiger charge is -2.25. The maximum Gasteiger partial charge on any atom is 0.122 e. The molecule has 2 aromatic carbocycles. The maximum absolute atomic E-state index is 6.03. The highest BCUT2D eigenvalue weighted by Crippen LogP contribution is 2.38. The average Bonchev–Trinajstić information content (AvgIpc) is 2.48. The van der Waals surface area contributed by atoms with E-state index in [1.54, 1.807) is 0 Å². The molecule has 0 saturated heterocycles. The lowest BCUT2D eigenvalue weighted by atomic mass is 9.95. The molecule has 0 fully saturated rings. The molecule has 104 valence electrons. The second-order valence-corrected chi connectivity index (χ2v) is 6.84. The van der Waals surface area contributed by atoms with Crippen molar-refractivity contribution in [2.45, 2.75) is 17.2 Å². The molecule has 1 atom stereocenters. The van der Waals surface area contributed by atoms with E-state index >= 15 is 0 Å². The van der Waals surface area contributed by atoms with Crippen molar-refractivity contribution in [3.05, 3.63) is 52.5 Å². The number of halogens is 1. The van der Waals surface area contributed by atoms with E-state index in [1.807, 2.05) is 30.0 Å². The number of benzene rings is 2. The Morgan fingerprint density at radius 2 is 2.10 bits per heavy atom. The first kappa shape index (κ1) is 13.8. The molecule has 0 radical (unpaired) electrons. The molecule has 2 nitrogen and oxygen atoms in total. The van der Waals surface area contributed by atoms with Gasteiger partial charge in [0, 0.05) is 26.7 Å². The maximum atomic E-state index is 6.03. The van der Waals surface area contributed by atoms with Crippen LogP contribution < -0.4 is 10.5 Å². The zero-order valence-electron chi connectivity index (χ0n) is 11.0. The fourth-order valence-corrected chi connectivity index (χ4v) is 4.10. The molecule has 0 aliphatic carbocycles. The molecule has 0 bridgehead atoms. The van der Waals surface area contributed by atoms with E-state index in [0.29, 0.717) is 5.92 Å². The Bertz CT molecular complexity index is 617. The number of nitrogens with two attached hydrogens (primary N) is 1. The van der Waals surface area contributed by atoms with Gasteiger partial charge in [0.15, 0.2) is 0 Å². The van der Waals surface area contributed by atoms with Crippen LogP contribution in [0.2, 0.25) is 0 Å². The van der Waals surface area contributed by atoms with Crippen molar-refractivity contribution in [2.24, 2.45) is 0 Å². The number of hydrogen-bond donors (Lipinski definition) is 1. The Balaban J connectivity index is 1.75. The highest BCUT2D eigenvalue weighted by atomic mass is 79.9. The third-order valence-electron chi connectivity index (χ3n) is 3.50. The fraction of sp³-hybridized carbons (Fsp3) is 0.250. The van der Waals surface area contributed by atoms with Crippen molar-refractivity contribution in [1.29, 1.82) is 0 Å². The van der Waals surface area contributed by atoms with Crippen LogP contribution in [-0.2, 0) is 0 Å². The zero-order valence-corrected chi connectivity index (χ0v) is 13.4. The van der Waals surface area contributed by atoms with E-state index in [4.69, 9.17) is 10.5 Å². The molecule has 3 rings (SSSR count). The third kappa shape index (κ3) is 2.96. The molecule has 0 saturated carbocycles. The minimum Gasteiger partial charge on any atom is -0.493 e. The van der Waals surface area contributed by atoms with E-state index in [2.05, 4.69) is 40.2 Å². The first-order valence-electron chi connectivity index (χ1n) is 6.63. The summed E-state index contributed by atoms with van der Waals surface area (Å²) in [5, 5.41) is 0. The van der Waals surface area contributed by atoms with Crippen LogP contribution in [0.25, 0.3) is 0 Å². The van der Waals surface area contributed by atoms with Gasteiger partial charge in [-0.1, -0.05) is 34.1 Å². The number of anilines is 1. The van der Waals surface area contributed by atoms with Gasteiger partial charge < -0.3 is 10.5 Å². The SMILES string of the molecule is Nc1ccc(Br)cc1SCC1CCOc2ccccc21. The minimum absolute atomic E-state index is 0.531. The predicted molar refractivity (Wildman–Crippen MR) is 88.6 cm³/mol. The van der Waals surface area contributed by atoms with Crippen LogP contribution >= 0.6 is 27.7 Å². The summed E-state index contributed by atoms with van der Waals surface area (Å²) in [5.41, 5.74) is 8.20. The van der Waals surface area contributed by atoms with Gasteiger partial charge in [-0.2, -0.15) is 0 Å². The van der Waals surface area contributed by atoms with Crippen molar-refractivity contribution in [3.8, 4) is 5.75 Å². The monoisotopic (exact) mass is 349 g/mol. The molecular formula is C16H16BrNOS. The normalized spacial score (nSPS) is 17.4. The van der Waals surface area contributed by atoms with Crippen LogP contribution in [0.4, 0.5) is 5.69 Å². The van der Waals surface area contributed by atoms with Gasteiger partial charge in [-0.3, -0.25) is 0 Å². The smallest absolute Gasteiger partial charge is 0.122 e. The number of rotatable bonds is 3. The summed E-state index contributed by atoms with van der Waals surface area (Å²) >= 11 is 5.32. The molecule has 1 unspecified atom stereocenters. The first-order chi connectivity index (χ1) is 9.74. The highest BCUT2D eigenvalue weighted by molar-refractivity contribution is 9.10. The molecule has 0 spiro atoms. The second kappa shape index (κ2) is 6.10. The number of thioether (sulfide) groups is 1. The molecule has 1 aliphatic heterocycles. The standard InChI is InChI=1S/C16H16BrNOS/c17-12-5-6-14(18)16(9-12)20-10-11-7-8-19-15-4-2-1-3-13(11)15/h1-6,9,11H,7-8,10,18H2. The summed E-state index contributed by atoms with van der Waals surface area (Å²) < 4.78 is 6.78. The van der Waals surface area contributed by atoms with Gasteiger partial charge in [-0.15, -0.1) is 11.8 Å². The van der Waals surface area contributed by atoms with Crippen molar-refractivity contribution < 1.29 is 4.74 Å². The lowest BCUT2D eigenvalue weighted by molar-refractivity contribution is 0.273. The molecule has 2 N–H and O–H groups in total. The van der Waals surface area contributed by atoms with Crippen LogP contribution in [0.3, 0.4) is 0 Å². The zero-order chi connectivity index (χ0) is 13.9. The van der Waals surface area contributed by atoms with Gasteiger partial charge in [0.1, 0.15) is 5.75 Å². The summed E-state index contributed by atoms with van der Waals surface area (Å²) in [6.45, 7) is 0.802. The van der Waals surface area contributed by atoms with Gasteiger partial charge in [-0.05, 0) is 36.2 Å². The quantitative estimate of drug-likeness (QED) is 0.644. The first-order valence-corrected chi connectivity index (χ1v) is 8.41.